The van der Waals surface area contributed by atoms with Gasteiger partial charge in [0.2, 0.25) is 5.82 Å². The number of furan rings is 1. The number of nitrogens with one attached hydrogen (secondary N) is 1. The van der Waals surface area contributed by atoms with Crippen LogP contribution in [0.5, 0.6) is 11.5 Å². The Morgan fingerprint density at radius 2 is 1.84 bits per heavy atom. The first-order valence-corrected chi connectivity index (χ1v) is 14.4. The molecular weight excluding hydrogens is 631 g/mol. The Hall–Kier alpha value is -5.29. The first-order valence-electron chi connectivity index (χ1n) is 13.6. The van der Waals surface area contributed by atoms with Gasteiger partial charge >= 0.3 is 0 Å². The van der Waals surface area contributed by atoms with E-state index in [0.29, 0.717) is 51.6 Å². The molecule has 0 radical (unpaired) electrons. The number of carbonyl (C=O) groups is 1. The Balaban J connectivity index is 1.30. The first-order chi connectivity index (χ1) is 21.4. The smallest absolute Gasteiger partial charge is 0.282 e. The maximum absolute atomic E-state index is 13.6. The maximum Gasteiger partial charge on any atom is 0.282 e. The number of hydrogen-bond acceptors (Lipinski definition) is 7. The molecule has 0 saturated carbocycles. The minimum Gasteiger partial charge on any atom is -0.490 e. The second-order valence-electron chi connectivity index (χ2n) is 9.59. The Kier molecular flexibility index (Phi) is 8.20. The molecule has 0 aliphatic heterocycles. The van der Waals surface area contributed by atoms with E-state index in [2.05, 4.69) is 26.3 Å². The van der Waals surface area contributed by atoms with Crippen LogP contribution >= 0.6 is 15.9 Å². The van der Waals surface area contributed by atoms with Crippen LogP contribution in [0.4, 0.5) is 10.1 Å². The number of carbonyl (C=O) groups excluding carboxylic acids is 1. The van der Waals surface area contributed by atoms with Crippen LogP contribution in [0.25, 0.3) is 33.5 Å². The second-order valence-corrected chi connectivity index (χ2v) is 10.5. The number of ether oxygens (including phenoxy) is 2. The van der Waals surface area contributed by atoms with Crippen molar-refractivity contribution in [2.75, 3.05) is 18.5 Å². The zero-order chi connectivity index (χ0) is 30.6. The summed E-state index contributed by atoms with van der Waals surface area (Å²) < 4.78 is 32.8. The third-order valence-corrected chi connectivity index (χ3v) is 7.02. The molecule has 2 aromatic heterocycles. The van der Waals surface area contributed by atoms with Gasteiger partial charge in [-0.3, -0.25) is 9.59 Å². The molecule has 1 amide bonds. The molecule has 0 saturated heterocycles. The SMILES string of the molecule is CCOc1cc(C=Nn2c(-c3cc4cc(Br)ccc4o3)nc3ccccc3c2=O)ccc1OCC(=O)Nc1ccc(F)cc1. The molecule has 0 fully saturated rings. The molecule has 6 aromatic rings. The predicted molar refractivity (Wildman–Crippen MR) is 170 cm³/mol. The van der Waals surface area contributed by atoms with Gasteiger partial charge in [-0.25, -0.2) is 9.37 Å². The molecule has 0 unspecified atom stereocenters. The number of aromatic nitrogens is 2. The normalized spacial score (nSPS) is 11.3. The molecule has 220 valence electrons. The number of nitrogens with zero attached hydrogens (tertiary/aromatic N) is 3. The van der Waals surface area contributed by atoms with Gasteiger partial charge in [0.25, 0.3) is 11.5 Å². The third-order valence-electron chi connectivity index (χ3n) is 6.53. The van der Waals surface area contributed by atoms with Gasteiger partial charge in [-0.1, -0.05) is 28.1 Å². The highest BCUT2D eigenvalue weighted by Crippen LogP contribution is 2.30. The Morgan fingerprint density at radius 3 is 2.66 bits per heavy atom. The van der Waals surface area contributed by atoms with Gasteiger partial charge in [0.15, 0.2) is 23.9 Å². The largest absolute Gasteiger partial charge is 0.490 e. The van der Waals surface area contributed by atoms with E-state index < -0.39 is 11.7 Å². The summed E-state index contributed by atoms with van der Waals surface area (Å²) in [7, 11) is 0. The molecule has 1 N–H and O–H groups in total. The predicted octanol–water partition coefficient (Wildman–Crippen LogP) is 7.01. The molecule has 9 nitrogen and oxygen atoms in total. The van der Waals surface area contributed by atoms with Crippen LogP contribution in [-0.2, 0) is 4.79 Å². The zero-order valence-electron chi connectivity index (χ0n) is 23.3. The lowest BCUT2D eigenvalue weighted by Crippen LogP contribution is -2.20. The summed E-state index contributed by atoms with van der Waals surface area (Å²) in [6.07, 6.45) is 1.51. The fourth-order valence-corrected chi connectivity index (χ4v) is 4.88. The van der Waals surface area contributed by atoms with Crippen molar-refractivity contribution in [2.45, 2.75) is 6.92 Å². The summed E-state index contributed by atoms with van der Waals surface area (Å²) in [6.45, 7) is 1.88. The standard InChI is InChI=1S/C33H24BrFN4O5/c1-2-42-29-15-20(7-13-28(29)43-19-31(40)37-24-11-9-23(35)10-12-24)18-36-39-32(38-26-6-4-3-5-25(26)33(39)41)30-17-21-16-22(34)8-14-27(21)44-30/h3-18H,2,19H2,1H3,(H,37,40). The van der Waals surface area contributed by atoms with Crippen LogP contribution in [-0.4, -0.2) is 35.0 Å². The van der Waals surface area contributed by atoms with Gasteiger partial charge in [0, 0.05) is 15.5 Å². The van der Waals surface area contributed by atoms with Gasteiger partial charge in [-0.05, 0) is 91.3 Å². The number of halogens is 2. The topological polar surface area (TPSA) is 108 Å². The van der Waals surface area contributed by atoms with Crippen molar-refractivity contribution in [3.63, 3.8) is 0 Å². The molecular formula is C33H24BrFN4O5. The number of fused-ring (bicyclic) bond motifs is 2. The number of hydrogen-bond donors (Lipinski definition) is 1. The summed E-state index contributed by atoms with van der Waals surface area (Å²) >= 11 is 3.48. The van der Waals surface area contributed by atoms with E-state index in [1.807, 2.05) is 37.3 Å². The molecule has 44 heavy (non-hydrogen) atoms. The van der Waals surface area contributed by atoms with Crippen LogP contribution < -0.4 is 20.3 Å². The maximum atomic E-state index is 13.6. The fraction of sp³-hybridized carbons (Fsp3) is 0.0909. The van der Waals surface area contributed by atoms with Crippen molar-refractivity contribution in [3.8, 4) is 23.1 Å². The molecule has 2 heterocycles. The summed E-state index contributed by atoms with van der Waals surface area (Å²) in [5.41, 5.74) is 1.86. The van der Waals surface area contributed by atoms with Crippen LogP contribution in [0.1, 0.15) is 12.5 Å². The number of para-hydroxylation sites is 1. The number of anilines is 1. The third kappa shape index (κ3) is 6.23. The summed E-state index contributed by atoms with van der Waals surface area (Å²) in [5.74, 6) is 0.545. The molecule has 0 bridgehead atoms. The van der Waals surface area contributed by atoms with Crippen molar-refractivity contribution in [1.29, 1.82) is 0 Å². The molecule has 11 heteroatoms. The van der Waals surface area contributed by atoms with Crippen molar-refractivity contribution in [1.82, 2.24) is 9.66 Å². The average molecular weight is 655 g/mol. The van der Waals surface area contributed by atoms with E-state index in [9.17, 15) is 14.0 Å². The number of amides is 1. The quantitative estimate of drug-likeness (QED) is 0.168. The van der Waals surface area contributed by atoms with Crippen molar-refractivity contribution < 1.29 is 23.1 Å². The molecule has 0 spiro atoms. The Labute approximate surface area is 258 Å². The lowest BCUT2D eigenvalue weighted by atomic mass is 10.2. The zero-order valence-corrected chi connectivity index (χ0v) is 24.9. The number of benzene rings is 4. The number of rotatable bonds is 9. The van der Waals surface area contributed by atoms with E-state index in [4.69, 9.17) is 18.9 Å². The minimum atomic E-state index is -0.418. The fourth-order valence-electron chi connectivity index (χ4n) is 4.51. The summed E-state index contributed by atoms with van der Waals surface area (Å²) in [6, 6.07) is 25.0. The molecule has 0 aliphatic carbocycles. The lowest BCUT2D eigenvalue weighted by molar-refractivity contribution is -0.118. The second kappa shape index (κ2) is 12.5. The van der Waals surface area contributed by atoms with Gasteiger partial charge in [-0.15, -0.1) is 0 Å². The van der Waals surface area contributed by atoms with Gasteiger partial charge in [0.1, 0.15) is 11.4 Å². The van der Waals surface area contributed by atoms with Crippen molar-refractivity contribution >= 4 is 55.6 Å². The van der Waals surface area contributed by atoms with E-state index >= 15 is 0 Å². The Morgan fingerprint density at radius 1 is 1.02 bits per heavy atom. The van der Waals surface area contributed by atoms with Crippen molar-refractivity contribution in [3.05, 3.63) is 117 Å². The average Bonchev–Trinajstić information content (AvgIpc) is 3.44. The van der Waals surface area contributed by atoms with Crippen LogP contribution in [0.2, 0.25) is 0 Å². The van der Waals surface area contributed by atoms with E-state index in [-0.39, 0.29) is 18.0 Å². The lowest BCUT2D eigenvalue weighted by Gasteiger charge is -2.13. The molecule has 0 atom stereocenters. The molecule has 0 aliphatic rings. The van der Waals surface area contributed by atoms with Crippen LogP contribution in [0.15, 0.2) is 110 Å². The van der Waals surface area contributed by atoms with Gasteiger partial charge < -0.3 is 19.2 Å². The Bertz CT molecular complexity index is 2090. The highest BCUT2D eigenvalue weighted by molar-refractivity contribution is 9.10. The van der Waals surface area contributed by atoms with Gasteiger partial charge in [0.05, 0.1) is 23.7 Å². The monoisotopic (exact) mass is 654 g/mol. The van der Waals surface area contributed by atoms with Crippen molar-refractivity contribution in [2.24, 2.45) is 5.10 Å². The molecule has 6 rings (SSSR count). The summed E-state index contributed by atoms with van der Waals surface area (Å²) in [4.78, 5) is 30.7. The summed E-state index contributed by atoms with van der Waals surface area (Å²) in [5, 5.41) is 8.41. The van der Waals surface area contributed by atoms with Crippen LogP contribution in [0.3, 0.4) is 0 Å². The minimum absolute atomic E-state index is 0.245. The van der Waals surface area contributed by atoms with E-state index in [0.717, 1.165) is 9.86 Å². The van der Waals surface area contributed by atoms with Gasteiger partial charge in [-0.2, -0.15) is 9.78 Å². The van der Waals surface area contributed by atoms with E-state index in [1.165, 1.54) is 35.2 Å². The highest BCUT2D eigenvalue weighted by atomic mass is 79.9. The first kappa shape index (κ1) is 28.8. The van der Waals surface area contributed by atoms with E-state index in [1.54, 1.807) is 36.4 Å². The highest BCUT2D eigenvalue weighted by Gasteiger charge is 2.17. The van der Waals surface area contributed by atoms with Crippen LogP contribution in [0, 0.1) is 5.82 Å². The molecule has 4 aromatic carbocycles.